The first-order valence-electron chi connectivity index (χ1n) is 9.43. The van der Waals surface area contributed by atoms with E-state index in [2.05, 4.69) is 39.1 Å². The third-order valence-electron chi connectivity index (χ3n) is 5.05. The van der Waals surface area contributed by atoms with Gasteiger partial charge in [0.2, 0.25) is 0 Å². The fraction of sp³-hybridized carbons (Fsp3) is 0.474. The third-order valence-corrected chi connectivity index (χ3v) is 6.13. The van der Waals surface area contributed by atoms with Crippen molar-refractivity contribution < 1.29 is 9.90 Å². The first kappa shape index (κ1) is 18.3. The van der Waals surface area contributed by atoms with Crippen LogP contribution in [-0.2, 0) is 11.3 Å². The lowest BCUT2D eigenvalue weighted by Gasteiger charge is -2.31. The smallest absolute Gasteiger partial charge is 0.317 e. The maximum atomic E-state index is 10.8. The molecule has 0 aromatic heterocycles. The van der Waals surface area contributed by atoms with Crippen molar-refractivity contribution in [2.75, 3.05) is 31.5 Å². The van der Waals surface area contributed by atoms with E-state index in [1.807, 2.05) is 11.1 Å². The van der Waals surface area contributed by atoms with Crippen LogP contribution in [0.1, 0.15) is 24.8 Å². The topological polar surface area (TPSA) is 89.0 Å². The fourth-order valence-electron chi connectivity index (χ4n) is 3.59. The summed E-state index contributed by atoms with van der Waals surface area (Å²) in [6.45, 7) is 3.55. The highest BCUT2D eigenvalue weighted by Crippen LogP contribution is 2.40. The van der Waals surface area contributed by atoms with E-state index in [0.717, 1.165) is 62.0 Å². The molecule has 0 spiro atoms. The molecule has 144 valence electrons. The number of aliphatic carboxylic acids is 1. The van der Waals surface area contributed by atoms with Crippen LogP contribution in [0.3, 0.4) is 0 Å². The Morgan fingerprint density at radius 2 is 2.22 bits per heavy atom. The van der Waals surface area contributed by atoms with Crippen LogP contribution in [0.2, 0.25) is 0 Å². The third kappa shape index (κ3) is 4.63. The maximum absolute atomic E-state index is 10.8. The van der Waals surface area contributed by atoms with Crippen LogP contribution in [0.25, 0.3) is 0 Å². The first-order valence-corrected chi connectivity index (χ1v) is 10.2. The van der Waals surface area contributed by atoms with E-state index in [9.17, 15) is 4.79 Å². The van der Waals surface area contributed by atoms with Gasteiger partial charge in [0, 0.05) is 49.8 Å². The van der Waals surface area contributed by atoms with Crippen LogP contribution in [0.15, 0.2) is 38.9 Å². The Labute approximate surface area is 163 Å². The monoisotopic (exact) mass is 387 g/mol. The number of likely N-dealkylation sites (tertiary alicyclic amines) is 1. The van der Waals surface area contributed by atoms with Gasteiger partial charge in [0.25, 0.3) is 0 Å². The summed E-state index contributed by atoms with van der Waals surface area (Å²) in [6, 6.07) is 6.97. The molecule has 0 aliphatic carbocycles. The number of hydrogen-bond donors (Lipinski definition) is 4. The highest BCUT2D eigenvalue weighted by molar-refractivity contribution is 8.03. The predicted molar refractivity (Wildman–Crippen MR) is 108 cm³/mol. The second-order valence-electron chi connectivity index (χ2n) is 7.09. The number of benzene rings is 1. The lowest BCUT2D eigenvalue weighted by Crippen LogP contribution is -2.43. The summed E-state index contributed by atoms with van der Waals surface area (Å²) in [5.41, 5.74) is 2.37. The molecule has 4 rings (SSSR count). The Bertz CT molecular complexity index is 771. The second-order valence-corrected chi connectivity index (χ2v) is 8.12. The van der Waals surface area contributed by atoms with Gasteiger partial charge in [-0.25, -0.2) is 0 Å². The van der Waals surface area contributed by atoms with E-state index in [1.165, 1.54) is 10.5 Å². The second kappa shape index (κ2) is 8.33. The van der Waals surface area contributed by atoms with E-state index in [1.54, 1.807) is 11.8 Å². The van der Waals surface area contributed by atoms with Gasteiger partial charge in [0.15, 0.2) is 0 Å². The van der Waals surface area contributed by atoms with Crippen molar-refractivity contribution in [2.24, 2.45) is 4.99 Å². The van der Waals surface area contributed by atoms with Crippen LogP contribution >= 0.6 is 11.8 Å². The van der Waals surface area contributed by atoms with E-state index in [0.29, 0.717) is 6.04 Å². The summed E-state index contributed by atoms with van der Waals surface area (Å²) in [5.74, 6) is 0.255. The van der Waals surface area contributed by atoms with E-state index in [-0.39, 0.29) is 6.54 Å². The van der Waals surface area contributed by atoms with Gasteiger partial charge in [-0.15, -0.1) is 0 Å². The van der Waals surface area contributed by atoms with Crippen LogP contribution < -0.4 is 16.0 Å². The minimum absolute atomic E-state index is 0.150. The Hall–Kier alpha value is -2.03. The summed E-state index contributed by atoms with van der Waals surface area (Å²) in [5, 5.41) is 20.4. The zero-order valence-electron chi connectivity index (χ0n) is 15.2. The van der Waals surface area contributed by atoms with E-state index < -0.39 is 5.97 Å². The van der Waals surface area contributed by atoms with Gasteiger partial charge >= 0.3 is 5.97 Å². The normalized spacial score (nSPS) is 20.3. The minimum Gasteiger partial charge on any atom is -0.480 e. The van der Waals surface area contributed by atoms with Crippen LogP contribution in [0, 0.1) is 0 Å². The van der Waals surface area contributed by atoms with Crippen molar-refractivity contribution in [1.29, 1.82) is 0 Å². The molecule has 1 aromatic rings. The molecule has 0 radical (unpaired) electrons. The molecule has 0 amide bonds. The number of anilines is 1. The molecular weight excluding hydrogens is 362 g/mol. The van der Waals surface area contributed by atoms with Crippen molar-refractivity contribution in [3.8, 4) is 0 Å². The van der Waals surface area contributed by atoms with Crippen LogP contribution in [0.5, 0.6) is 0 Å². The highest BCUT2D eigenvalue weighted by atomic mass is 32.2. The number of carboxylic acids is 1. The molecule has 27 heavy (non-hydrogen) atoms. The number of rotatable bonds is 5. The number of carbonyl (C=O) groups is 1. The number of piperidine rings is 1. The molecule has 1 saturated heterocycles. The fourth-order valence-corrected chi connectivity index (χ4v) is 4.50. The van der Waals surface area contributed by atoms with Crippen molar-refractivity contribution in [3.63, 3.8) is 0 Å². The molecule has 0 unspecified atom stereocenters. The number of carboxylic acid groups (broad SMARTS) is 1. The zero-order valence-corrected chi connectivity index (χ0v) is 16.0. The lowest BCUT2D eigenvalue weighted by atomic mass is 10.0. The number of hydrogen-bond acceptors (Lipinski definition) is 7. The molecule has 0 atom stereocenters. The molecule has 7 nitrogen and oxygen atoms in total. The number of nitrogens with zero attached hydrogens (tertiary/aromatic N) is 2. The molecule has 8 heteroatoms. The van der Waals surface area contributed by atoms with Gasteiger partial charge in [-0.3, -0.25) is 14.7 Å². The Morgan fingerprint density at radius 1 is 1.37 bits per heavy atom. The average molecular weight is 388 g/mol. The largest absolute Gasteiger partial charge is 0.480 e. The molecular formula is C19H25N5O2S. The molecule has 3 heterocycles. The van der Waals surface area contributed by atoms with Gasteiger partial charge < -0.3 is 21.1 Å². The Kier molecular flexibility index (Phi) is 5.66. The molecule has 4 N–H and O–H groups in total. The van der Waals surface area contributed by atoms with E-state index in [4.69, 9.17) is 5.11 Å². The van der Waals surface area contributed by atoms with Crippen LogP contribution in [-0.4, -0.2) is 54.4 Å². The molecule has 3 aliphatic heterocycles. The standard InChI is InChI=1S/C19H25N5O2S/c25-17(26)12-24-8-4-14(5-9-24)22-11-13-2-3-16-15(10-13)23-18-19(27-16)21-7-1-6-20-18/h2-3,7,10,14,20,22-23H,1,4-6,8-9,11-12H2,(H,25,26). The molecule has 1 fully saturated rings. The summed E-state index contributed by atoms with van der Waals surface area (Å²) >= 11 is 1.70. The summed E-state index contributed by atoms with van der Waals surface area (Å²) in [7, 11) is 0. The Balaban J connectivity index is 1.32. The number of fused-ring (bicyclic) bond motifs is 1. The number of thioether (sulfide) groups is 1. The van der Waals surface area contributed by atoms with Gasteiger partial charge in [0.05, 0.1) is 12.2 Å². The molecule has 3 aliphatic rings. The van der Waals surface area contributed by atoms with Gasteiger partial charge in [-0.2, -0.15) is 0 Å². The average Bonchev–Trinajstić information content (AvgIpc) is 2.90. The first-order chi connectivity index (χ1) is 13.2. The number of aliphatic imine (C=N–C) groups is 1. The van der Waals surface area contributed by atoms with Gasteiger partial charge in [-0.05, 0) is 30.5 Å². The van der Waals surface area contributed by atoms with Gasteiger partial charge in [0.1, 0.15) is 10.9 Å². The molecule has 1 aromatic carbocycles. The van der Waals surface area contributed by atoms with Crippen molar-refractivity contribution in [2.45, 2.75) is 36.7 Å². The maximum Gasteiger partial charge on any atom is 0.317 e. The summed E-state index contributed by atoms with van der Waals surface area (Å²) in [4.78, 5) is 18.5. The Morgan fingerprint density at radius 3 is 3.04 bits per heavy atom. The minimum atomic E-state index is -0.743. The molecule has 0 bridgehead atoms. The van der Waals surface area contributed by atoms with Crippen molar-refractivity contribution in [3.05, 3.63) is 34.6 Å². The summed E-state index contributed by atoms with van der Waals surface area (Å²) in [6.07, 6.45) is 4.89. The highest BCUT2D eigenvalue weighted by Gasteiger charge is 2.21. The predicted octanol–water partition coefficient (Wildman–Crippen LogP) is 2.03. The quantitative estimate of drug-likeness (QED) is 0.615. The van der Waals surface area contributed by atoms with Crippen LogP contribution in [0.4, 0.5) is 5.69 Å². The SMILES string of the molecule is O=C(O)CN1CCC(NCc2ccc3c(c2)NC2=C(N=CCCN2)S3)CC1. The van der Waals surface area contributed by atoms with Crippen molar-refractivity contribution in [1.82, 2.24) is 15.5 Å². The van der Waals surface area contributed by atoms with E-state index >= 15 is 0 Å². The van der Waals surface area contributed by atoms with Crippen molar-refractivity contribution >= 4 is 29.6 Å². The summed E-state index contributed by atoms with van der Waals surface area (Å²) < 4.78 is 0. The number of nitrogens with one attached hydrogen (secondary N) is 3. The zero-order chi connectivity index (χ0) is 18.6. The molecule has 0 saturated carbocycles. The van der Waals surface area contributed by atoms with Gasteiger partial charge in [-0.1, -0.05) is 17.8 Å². The lowest BCUT2D eigenvalue weighted by molar-refractivity contribution is -0.138.